The van der Waals surface area contributed by atoms with Crippen molar-refractivity contribution < 1.29 is 0 Å². The largest absolute Gasteiger partial charge is 0.310 e. The summed E-state index contributed by atoms with van der Waals surface area (Å²) in [4.78, 5) is 18.7. The van der Waals surface area contributed by atoms with Crippen LogP contribution in [-0.2, 0) is 6.42 Å². The highest BCUT2D eigenvalue weighted by Crippen LogP contribution is 2.09. The highest BCUT2D eigenvalue weighted by Gasteiger charge is 2.05. The maximum atomic E-state index is 11.5. The Morgan fingerprint density at radius 2 is 1.94 bits per heavy atom. The molecule has 17 heavy (non-hydrogen) atoms. The van der Waals surface area contributed by atoms with Gasteiger partial charge in [0.2, 0.25) is 0 Å². The van der Waals surface area contributed by atoms with Gasteiger partial charge < -0.3 is 4.98 Å². The number of H-pyrrole nitrogens is 1. The second-order valence-electron chi connectivity index (χ2n) is 4.44. The van der Waals surface area contributed by atoms with Gasteiger partial charge in [-0.15, -0.1) is 0 Å². The van der Waals surface area contributed by atoms with Crippen molar-refractivity contribution in [3.05, 3.63) is 63.8 Å². The van der Waals surface area contributed by atoms with E-state index < -0.39 is 0 Å². The molecule has 1 aromatic heterocycles. The Labute approximate surface area is 101 Å². The van der Waals surface area contributed by atoms with E-state index in [1.807, 2.05) is 44.2 Å². The lowest BCUT2D eigenvalue weighted by molar-refractivity contribution is 0.753. The summed E-state index contributed by atoms with van der Waals surface area (Å²) in [6.45, 7) is 4.04. The third-order valence-electron chi connectivity index (χ3n) is 2.59. The monoisotopic (exact) mass is 228 g/mol. The molecule has 0 saturated heterocycles. The number of benzene rings is 1. The van der Waals surface area contributed by atoms with E-state index in [0.29, 0.717) is 6.42 Å². The van der Waals surface area contributed by atoms with Crippen LogP contribution in [0.1, 0.15) is 36.8 Å². The molecule has 0 radical (unpaired) electrons. The number of hydrogen-bond acceptors (Lipinski definition) is 2. The lowest BCUT2D eigenvalue weighted by Crippen LogP contribution is -2.13. The minimum atomic E-state index is -0.0744. The van der Waals surface area contributed by atoms with E-state index in [4.69, 9.17) is 0 Å². The first-order chi connectivity index (χ1) is 8.15. The SMILES string of the molecule is CC(C)c1nc(Cc2ccccc2)cc(=O)[nH]1. The molecule has 1 heterocycles. The summed E-state index contributed by atoms with van der Waals surface area (Å²) in [5.41, 5.74) is 1.92. The van der Waals surface area contributed by atoms with Gasteiger partial charge in [-0.05, 0) is 5.56 Å². The lowest BCUT2D eigenvalue weighted by atomic mass is 10.1. The van der Waals surface area contributed by atoms with Crippen molar-refractivity contribution in [1.29, 1.82) is 0 Å². The molecule has 0 aliphatic rings. The minimum Gasteiger partial charge on any atom is -0.310 e. The topological polar surface area (TPSA) is 45.8 Å². The van der Waals surface area contributed by atoms with Crippen molar-refractivity contribution in [1.82, 2.24) is 9.97 Å². The Bertz CT molecular complexity index is 544. The minimum absolute atomic E-state index is 0.0744. The molecule has 0 aliphatic carbocycles. The van der Waals surface area contributed by atoms with Crippen LogP contribution in [0.2, 0.25) is 0 Å². The molecule has 0 saturated carbocycles. The van der Waals surface area contributed by atoms with Crippen LogP contribution in [0.25, 0.3) is 0 Å². The van der Waals surface area contributed by atoms with Crippen molar-refractivity contribution >= 4 is 0 Å². The molecule has 0 fully saturated rings. The maximum Gasteiger partial charge on any atom is 0.251 e. The quantitative estimate of drug-likeness (QED) is 0.877. The van der Waals surface area contributed by atoms with E-state index in [1.165, 1.54) is 5.56 Å². The average Bonchev–Trinajstić information content (AvgIpc) is 2.29. The van der Waals surface area contributed by atoms with Gasteiger partial charge in [0.25, 0.3) is 5.56 Å². The van der Waals surface area contributed by atoms with Crippen LogP contribution in [-0.4, -0.2) is 9.97 Å². The van der Waals surface area contributed by atoms with Gasteiger partial charge in [0.05, 0.1) is 5.69 Å². The summed E-state index contributed by atoms with van der Waals surface area (Å²) in [6.07, 6.45) is 0.699. The molecular formula is C14H16N2O. The van der Waals surface area contributed by atoms with Gasteiger partial charge in [-0.2, -0.15) is 0 Å². The average molecular weight is 228 g/mol. The number of nitrogens with zero attached hydrogens (tertiary/aromatic N) is 1. The molecule has 0 amide bonds. The number of nitrogens with one attached hydrogen (secondary N) is 1. The van der Waals surface area contributed by atoms with Gasteiger partial charge in [0, 0.05) is 18.4 Å². The summed E-state index contributed by atoms with van der Waals surface area (Å²) in [6, 6.07) is 11.6. The van der Waals surface area contributed by atoms with Crippen molar-refractivity contribution in [3.8, 4) is 0 Å². The van der Waals surface area contributed by atoms with Crippen LogP contribution in [0.15, 0.2) is 41.2 Å². The molecule has 2 aromatic rings. The van der Waals surface area contributed by atoms with E-state index in [2.05, 4.69) is 9.97 Å². The Balaban J connectivity index is 2.30. The molecule has 1 aromatic carbocycles. The molecule has 1 N–H and O–H groups in total. The van der Waals surface area contributed by atoms with E-state index >= 15 is 0 Å². The first kappa shape index (κ1) is 11.6. The zero-order chi connectivity index (χ0) is 12.3. The van der Waals surface area contributed by atoms with Gasteiger partial charge >= 0.3 is 0 Å². The van der Waals surface area contributed by atoms with Crippen LogP contribution >= 0.6 is 0 Å². The standard InChI is InChI=1S/C14H16N2O/c1-10(2)14-15-12(9-13(17)16-14)8-11-6-4-3-5-7-11/h3-7,9-10H,8H2,1-2H3,(H,15,16,17). The molecule has 0 unspecified atom stereocenters. The van der Waals surface area contributed by atoms with Crippen LogP contribution in [0.5, 0.6) is 0 Å². The lowest BCUT2D eigenvalue weighted by Gasteiger charge is -2.06. The third-order valence-corrected chi connectivity index (χ3v) is 2.59. The second-order valence-corrected chi connectivity index (χ2v) is 4.44. The van der Waals surface area contributed by atoms with Gasteiger partial charge in [-0.1, -0.05) is 44.2 Å². The summed E-state index contributed by atoms with van der Waals surface area (Å²) < 4.78 is 0. The Morgan fingerprint density at radius 3 is 2.59 bits per heavy atom. The van der Waals surface area contributed by atoms with Gasteiger partial charge in [0.1, 0.15) is 5.82 Å². The Morgan fingerprint density at radius 1 is 1.24 bits per heavy atom. The number of hydrogen-bond donors (Lipinski definition) is 1. The van der Waals surface area contributed by atoms with Gasteiger partial charge in [-0.3, -0.25) is 4.79 Å². The van der Waals surface area contributed by atoms with Crippen molar-refractivity contribution in [2.24, 2.45) is 0 Å². The summed E-state index contributed by atoms with van der Waals surface area (Å²) >= 11 is 0. The fourth-order valence-corrected chi connectivity index (χ4v) is 1.70. The first-order valence-corrected chi connectivity index (χ1v) is 5.79. The number of aromatic nitrogens is 2. The smallest absolute Gasteiger partial charge is 0.251 e. The Kier molecular flexibility index (Phi) is 3.38. The van der Waals surface area contributed by atoms with Crippen LogP contribution in [0.3, 0.4) is 0 Å². The number of aromatic amines is 1. The predicted molar refractivity (Wildman–Crippen MR) is 68.2 cm³/mol. The van der Waals surface area contributed by atoms with Crippen LogP contribution < -0.4 is 5.56 Å². The maximum absolute atomic E-state index is 11.5. The van der Waals surface area contributed by atoms with Crippen molar-refractivity contribution in [3.63, 3.8) is 0 Å². The molecular weight excluding hydrogens is 212 g/mol. The molecule has 0 aliphatic heterocycles. The fourth-order valence-electron chi connectivity index (χ4n) is 1.70. The molecule has 2 rings (SSSR count). The molecule has 0 atom stereocenters. The highest BCUT2D eigenvalue weighted by molar-refractivity contribution is 5.21. The zero-order valence-corrected chi connectivity index (χ0v) is 10.1. The normalized spacial score (nSPS) is 10.8. The predicted octanol–water partition coefficient (Wildman–Crippen LogP) is 2.48. The summed E-state index contributed by atoms with van der Waals surface area (Å²) in [5.74, 6) is 0.988. The van der Waals surface area contributed by atoms with Gasteiger partial charge in [-0.25, -0.2) is 4.98 Å². The molecule has 0 spiro atoms. The second kappa shape index (κ2) is 4.95. The van der Waals surface area contributed by atoms with E-state index in [1.54, 1.807) is 6.07 Å². The molecule has 3 heteroatoms. The summed E-state index contributed by atoms with van der Waals surface area (Å²) in [5, 5.41) is 0. The zero-order valence-electron chi connectivity index (χ0n) is 10.1. The van der Waals surface area contributed by atoms with Crippen LogP contribution in [0.4, 0.5) is 0 Å². The fraction of sp³-hybridized carbons (Fsp3) is 0.286. The summed E-state index contributed by atoms with van der Waals surface area (Å²) in [7, 11) is 0. The van der Waals surface area contributed by atoms with Crippen molar-refractivity contribution in [2.45, 2.75) is 26.2 Å². The van der Waals surface area contributed by atoms with Crippen LogP contribution in [0, 0.1) is 0 Å². The van der Waals surface area contributed by atoms with Crippen molar-refractivity contribution in [2.75, 3.05) is 0 Å². The van der Waals surface area contributed by atoms with E-state index in [-0.39, 0.29) is 11.5 Å². The Hall–Kier alpha value is -1.90. The third kappa shape index (κ3) is 3.03. The van der Waals surface area contributed by atoms with E-state index in [9.17, 15) is 4.79 Å². The van der Waals surface area contributed by atoms with E-state index in [0.717, 1.165) is 11.5 Å². The highest BCUT2D eigenvalue weighted by atomic mass is 16.1. The first-order valence-electron chi connectivity index (χ1n) is 5.79. The molecule has 3 nitrogen and oxygen atoms in total. The molecule has 88 valence electrons. The number of rotatable bonds is 3. The van der Waals surface area contributed by atoms with Gasteiger partial charge in [0.15, 0.2) is 0 Å². The molecule has 0 bridgehead atoms.